The van der Waals surface area contributed by atoms with Crippen LogP contribution in [0, 0.1) is 12.8 Å². The molecular weight excluding hydrogens is 502 g/mol. The molecule has 3 heterocycles. The van der Waals surface area contributed by atoms with Crippen molar-refractivity contribution in [1.82, 2.24) is 24.6 Å². The Morgan fingerprint density at radius 1 is 1.18 bits per heavy atom. The molecule has 38 heavy (non-hydrogen) atoms. The Morgan fingerprint density at radius 3 is 2.55 bits per heavy atom. The van der Waals surface area contributed by atoms with Gasteiger partial charge in [-0.05, 0) is 63.9 Å². The fourth-order valence-corrected chi connectivity index (χ4v) is 5.43. The fourth-order valence-electron chi connectivity index (χ4n) is 5.43. The number of hydrogen-bond donors (Lipinski definition) is 0. The van der Waals surface area contributed by atoms with Crippen molar-refractivity contribution in [2.24, 2.45) is 13.0 Å². The van der Waals surface area contributed by atoms with Gasteiger partial charge >= 0.3 is 6.18 Å². The minimum atomic E-state index is -4.45. The minimum absolute atomic E-state index is 0.0216. The van der Waals surface area contributed by atoms with Gasteiger partial charge in [0, 0.05) is 51.3 Å². The van der Waals surface area contributed by atoms with E-state index in [4.69, 9.17) is 4.74 Å². The molecule has 0 N–H and O–H groups in total. The highest BCUT2D eigenvalue weighted by Crippen LogP contribution is 2.39. The van der Waals surface area contributed by atoms with Crippen molar-refractivity contribution in [3.05, 3.63) is 35.0 Å². The van der Waals surface area contributed by atoms with Crippen LogP contribution in [0.1, 0.15) is 68.4 Å². The number of pyridine rings is 1. The van der Waals surface area contributed by atoms with Crippen molar-refractivity contribution in [1.29, 1.82) is 0 Å². The number of aryl methyl sites for hydroxylation is 2. The number of carbonyl (C=O) groups is 1. The average Bonchev–Trinajstić information content (AvgIpc) is 3.03. The van der Waals surface area contributed by atoms with Crippen molar-refractivity contribution >= 4 is 5.78 Å². The Kier molecular flexibility index (Phi) is 8.74. The van der Waals surface area contributed by atoms with Crippen LogP contribution >= 0.6 is 0 Å². The van der Waals surface area contributed by atoms with Gasteiger partial charge < -0.3 is 9.64 Å². The lowest BCUT2D eigenvalue weighted by Gasteiger charge is -2.35. The van der Waals surface area contributed by atoms with Crippen LogP contribution in [0.2, 0.25) is 0 Å². The van der Waals surface area contributed by atoms with Crippen LogP contribution in [0.25, 0.3) is 0 Å². The van der Waals surface area contributed by atoms with E-state index in [1.165, 1.54) is 6.07 Å². The van der Waals surface area contributed by atoms with E-state index in [9.17, 15) is 18.0 Å². The second-order valence-electron chi connectivity index (χ2n) is 10.9. The lowest BCUT2D eigenvalue weighted by molar-refractivity contribution is -0.190. The summed E-state index contributed by atoms with van der Waals surface area (Å²) >= 11 is 0. The molecule has 1 atom stereocenters. The summed E-state index contributed by atoms with van der Waals surface area (Å²) in [6, 6.07) is 3.28. The van der Waals surface area contributed by atoms with Crippen LogP contribution in [0.15, 0.2) is 12.1 Å². The summed E-state index contributed by atoms with van der Waals surface area (Å²) in [6.07, 6.45) is -1.60. The third-order valence-electron chi connectivity index (χ3n) is 7.87. The van der Waals surface area contributed by atoms with E-state index in [1.54, 1.807) is 24.7 Å². The quantitative estimate of drug-likeness (QED) is 0.429. The minimum Gasteiger partial charge on any atom is -0.465 e. The van der Waals surface area contributed by atoms with Crippen molar-refractivity contribution < 1.29 is 27.1 Å². The summed E-state index contributed by atoms with van der Waals surface area (Å²) in [5, 5.41) is 4.18. The Hall–Kier alpha value is -2.56. The first-order chi connectivity index (χ1) is 17.9. The molecule has 210 valence electrons. The van der Waals surface area contributed by atoms with Crippen molar-refractivity contribution in [3.63, 3.8) is 0 Å². The van der Waals surface area contributed by atoms with Crippen LogP contribution < -0.4 is 4.74 Å². The zero-order valence-electron chi connectivity index (χ0n) is 22.4. The van der Waals surface area contributed by atoms with Gasteiger partial charge in [-0.15, -0.1) is 0 Å². The van der Waals surface area contributed by atoms with Gasteiger partial charge in [-0.3, -0.25) is 9.48 Å². The molecule has 2 aromatic heterocycles. The summed E-state index contributed by atoms with van der Waals surface area (Å²) in [5.74, 6) is 1.62. The molecule has 1 fully saturated rings. The van der Waals surface area contributed by atoms with E-state index in [0.717, 1.165) is 24.7 Å². The van der Waals surface area contributed by atoms with E-state index in [1.807, 2.05) is 0 Å². The average molecular weight is 540 g/mol. The molecule has 0 amide bonds. The molecule has 1 saturated carbocycles. The second-order valence-corrected chi connectivity index (χ2v) is 10.9. The predicted molar refractivity (Wildman–Crippen MR) is 134 cm³/mol. The molecule has 1 aliphatic carbocycles. The number of nitrogens with zero attached hydrogens (tertiary/aromatic N) is 5. The topological polar surface area (TPSA) is 73.1 Å². The number of ether oxygens (including phenoxy) is 1. The highest BCUT2D eigenvalue weighted by Gasteiger charge is 2.39. The Labute approximate surface area is 221 Å². The molecule has 0 aromatic carbocycles. The lowest BCUT2D eigenvalue weighted by Crippen LogP contribution is -2.36. The molecule has 7 nitrogen and oxygen atoms in total. The maximum Gasteiger partial charge on any atom is 0.425 e. The maximum absolute atomic E-state index is 15.6. The summed E-state index contributed by atoms with van der Waals surface area (Å²) in [5.41, 5.74) is 0.513. The van der Waals surface area contributed by atoms with Crippen LogP contribution in [0.4, 0.5) is 17.6 Å². The summed E-state index contributed by atoms with van der Waals surface area (Å²) < 4.78 is 60.7. The molecule has 0 saturated heterocycles. The first-order valence-corrected chi connectivity index (χ1v) is 13.4. The first kappa shape index (κ1) is 28.4. The Bertz CT molecular complexity index is 1110. The van der Waals surface area contributed by atoms with Crippen molar-refractivity contribution in [3.8, 4) is 5.88 Å². The molecule has 0 bridgehead atoms. The number of alkyl halides is 4. The van der Waals surface area contributed by atoms with Gasteiger partial charge in [0.05, 0.1) is 6.42 Å². The highest BCUT2D eigenvalue weighted by molar-refractivity contribution is 5.80. The zero-order valence-corrected chi connectivity index (χ0v) is 22.4. The zero-order chi connectivity index (χ0) is 27.5. The molecular formula is C27H37F4N5O2. The van der Waals surface area contributed by atoms with E-state index < -0.39 is 17.9 Å². The summed E-state index contributed by atoms with van der Waals surface area (Å²) in [7, 11) is 1.78. The Balaban J connectivity index is 1.21. The normalized spacial score (nSPS) is 23.5. The van der Waals surface area contributed by atoms with Crippen LogP contribution in [-0.4, -0.2) is 68.0 Å². The van der Waals surface area contributed by atoms with E-state index in [0.29, 0.717) is 76.1 Å². The van der Waals surface area contributed by atoms with Gasteiger partial charge in [-0.2, -0.15) is 18.3 Å². The monoisotopic (exact) mass is 539 g/mol. The molecule has 0 spiro atoms. The lowest BCUT2D eigenvalue weighted by atomic mass is 9.76. The van der Waals surface area contributed by atoms with E-state index in [2.05, 4.69) is 20.0 Å². The molecule has 0 unspecified atom stereocenters. The van der Waals surface area contributed by atoms with Crippen molar-refractivity contribution in [2.45, 2.75) is 89.6 Å². The number of rotatable bonds is 9. The third-order valence-corrected chi connectivity index (χ3v) is 7.87. The van der Waals surface area contributed by atoms with Gasteiger partial charge in [0.15, 0.2) is 6.10 Å². The molecule has 2 aliphatic rings. The number of aromatic nitrogens is 4. The van der Waals surface area contributed by atoms with Crippen LogP contribution in [-0.2, 0) is 31.1 Å². The summed E-state index contributed by atoms with van der Waals surface area (Å²) in [6.45, 7) is 4.81. The molecule has 2 aromatic rings. The maximum atomic E-state index is 15.6. The SMILES string of the molecule is Cc1nc(CC(=O)CC2CCC(F)(CCN3CCc4ccc(O[C@H](C)C(F)(F)F)nc4CC3)CC2)n(C)n1. The first-order valence-electron chi connectivity index (χ1n) is 13.4. The predicted octanol–water partition coefficient (Wildman–Crippen LogP) is 4.74. The highest BCUT2D eigenvalue weighted by atomic mass is 19.4. The van der Waals surface area contributed by atoms with Crippen LogP contribution in [0.5, 0.6) is 5.88 Å². The van der Waals surface area contributed by atoms with E-state index in [-0.39, 0.29) is 24.0 Å². The summed E-state index contributed by atoms with van der Waals surface area (Å²) in [4.78, 5) is 23.4. The molecule has 4 rings (SSSR count). The van der Waals surface area contributed by atoms with Gasteiger partial charge in [0.25, 0.3) is 0 Å². The standard InChI is InChI=1S/C27H37F4N5O2/c1-18(27(29,30)31)38-25-5-4-21-8-13-36(14-9-23(21)33-25)15-12-26(28)10-6-20(7-11-26)16-22(37)17-24-32-19(2)34-35(24)3/h4-5,18,20H,6-17H2,1-3H3/t18-,20?,26?/m1/s1. The molecule has 0 radical (unpaired) electrons. The van der Waals surface area contributed by atoms with Crippen LogP contribution in [0.3, 0.4) is 0 Å². The Morgan fingerprint density at radius 2 is 1.89 bits per heavy atom. The van der Waals surface area contributed by atoms with Crippen molar-refractivity contribution in [2.75, 3.05) is 19.6 Å². The number of Topliss-reactive ketones (excluding diaryl/α,β-unsaturated/α-hetero) is 1. The number of hydrogen-bond acceptors (Lipinski definition) is 6. The van der Waals surface area contributed by atoms with Gasteiger partial charge in [0.1, 0.15) is 23.1 Å². The van der Waals surface area contributed by atoms with Gasteiger partial charge in [-0.25, -0.2) is 14.4 Å². The third kappa shape index (κ3) is 7.51. The number of carbonyl (C=O) groups excluding carboxylic acids is 1. The number of fused-ring (bicyclic) bond motifs is 1. The number of ketones is 1. The smallest absolute Gasteiger partial charge is 0.425 e. The second kappa shape index (κ2) is 11.7. The van der Waals surface area contributed by atoms with Gasteiger partial charge in [0.2, 0.25) is 5.88 Å². The molecule has 11 heteroatoms. The largest absolute Gasteiger partial charge is 0.465 e. The molecule has 1 aliphatic heterocycles. The fraction of sp³-hybridized carbons (Fsp3) is 0.704. The number of halogens is 4. The van der Waals surface area contributed by atoms with E-state index >= 15 is 4.39 Å². The van der Waals surface area contributed by atoms with Gasteiger partial charge in [-0.1, -0.05) is 6.07 Å².